The van der Waals surface area contributed by atoms with E-state index in [0.29, 0.717) is 0 Å². The molecular weight excluding hydrogens is 373 g/mol. The largest absolute Gasteiger partial charge is 0.494 e. The number of amides is 1. The van der Waals surface area contributed by atoms with Gasteiger partial charge in [-0.25, -0.2) is 4.79 Å². The van der Waals surface area contributed by atoms with Crippen molar-refractivity contribution in [2.75, 3.05) is 7.11 Å². The lowest BCUT2D eigenvalue weighted by molar-refractivity contribution is -0.141. The minimum atomic E-state index is -0.638. The van der Waals surface area contributed by atoms with E-state index in [9.17, 15) is 9.59 Å². The van der Waals surface area contributed by atoms with Gasteiger partial charge in [0, 0.05) is 0 Å². The maximum absolute atomic E-state index is 12.2. The van der Waals surface area contributed by atoms with Crippen LogP contribution < -0.4 is 10.8 Å². The lowest BCUT2D eigenvalue weighted by Gasteiger charge is -2.32. The Morgan fingerprint density at radius 1 is 1.07 bits per heavy atom. The first-order valence-electron chi connectivity index (χ1n) is 9.76. The molecule has 0 radical (unpaired) electrons. The molecule has 1 aromatic carbocycles. The van der Waals surface area contributed by atoms with Gasteiger partial charge in [0.15, 0.2) is 0 Å². The fourth-order valence-electron chi connectivity index (χ4n) is 2.82. The van der Waals surface area contributed by atoms with Gasteiger partial charge in [0.2, 0.25) is 0 Å². The summed E-state index contributed by atoms with van der Waals surface area (Å²) >= 11 is 0. The zero-order chi connectivity index (χ0) is 22.0. The Labute approximate surface area is 173 Å². The number of hydrogen-bond donors (Lipinski definition) is 1. The Morgan fingerprint density at radius 3 is 2.03 bits per heavy atom. The predicted molar refractivity (Wildman–Crippen MR) is 111 cm³/mol. The quantitative estimate of drug-likeness (QED) is 0.599. The Hall–Kier alpha value is -2.06. The first-order valence-corrected chi connectivity index (χ1v) is 9.76. The number of esters is 1. The van der Waals surface area contributed by atoms with E-state index in [2.05, 4.69) is 5.32 Å². The van der Waals surface area contributed by atoms with Crippen molar-refractivity contribution in [1.82, 2.24) is 5.32 Å². The number of methoxy groups -OCH3 is 1. The van der Waals surface area contributed by atoms with E-state index >= 15 is 0 Å². The number of benzene rings is 1. The molecular formula is C21H32BNO6. The molecule has 1 aromatic rings. The summed E-state index contributed by atoms with van der Waals surface area (Å²) < 4.78 is 22.2. The lowest BCUT2D eigenvalue weighted by atomic mass is 9.78. The fraction of sp³-hybridized carbons (Fsp3) is 0.619. The van der Waals surface area contributed by atoms with Gasteiger partial charge in [0.25, 0.3) is 0 Å². The fourth-order valence-corrected chi connectivity index (χ4v) is 2.82. The maximum atomic E-state index is 12.2. The topological polar surface area (TPSA) is 83.1 Å². The SMILES string of the molecule is COC(=O)CC(NC(=O)OC(C)(C)C)c1ccc(B2OC(C)(C)C(C)(C)O2)cc1. The summed E-state index contributed by atoms with van der Waals surface area (Å²) in [6.07, 6.45) is -0.604. The molecule has 0 saturated carbocycles. The maximum Gasteiger partial charge on any atom is 0.494 e. The molecule has 1 N–H and O–H groups in total. The molecule has 0 aromatic heterocycles. The number of nitrogens with one attached hydrogen (secondary N) is 1. The molecule has 160 valence electrons. The van der Waals surface area contributed by atoms with Gasteiger partial charge in [-0.3, -0.25) is 4.79 Å². The Bertz CT molecular complexity index is 723. The standard InChI is InChI=1S/C21H32BNO6/c1-19(2,3)27-18(25)23-16(13-17(24)26-8)14-9-11-15(12-10-14)22-28-20(4,5)21(6,7)29-22/h9-12,16H,13H2,1-8H3,(H,23,25). The molecule has 1 saturated heterocycles. The van der Waals surface area contributed by atoms with Crippen molar-refractivity contribution >= 4 is 24.6 Å². The molecule has 1 fully saturated rings. The summed E-state index contributed by atoms with van der Waals surface area (Å²) in [6.45, 7) is 13.3. The zero-order valence-corrected chi connectivity index (χ0v) is 18.6. The molecule has 8 heteroatoms. The van der Waals surface area contributed by atoms with Crippen molar-refractivity contribution in [3.63, 3.8) is 0 Å². The van der Waals surface area contributed by atoms with Crippen LogP contribution in [-0.4, -0.2) is 43.1 Å². The number of rotatable bonds is 5. The van der Waals surface area contributed by atoms with Crippen molar-refractivity contribution < 1.29 is 28.4 Å². The van der Waals surface area contributed by atoms with E-state index in [1.807, 2.05) is 52.0 Å². The van der Waals surface area contributed by atoms with Gasteiger partial charge in [-0.05, 0) is 59.5 Å². The van der Waals surface area contributed by atoms with Crippen LogP contribution in [0, 0.1) is 0 Å². The number of carbonyl (C=O) groups is 2. The third-order valence-corrected chi connectivity index (χ3v) is 5.15. The van der Waals surface area contributed by atoms with E-state index in [-0.39, 0.29) is 6.42 Å². The molecule has 1 atom stereocenters. The van der Waals surface area contributed by atoms with Crippen LogP contribution in [0.4, 0.5) is 4.79 Å². The van der Waals surface area contributed by atoms with Crippen LogP contribution in [0.5, 0.6) is 0 Å². The minimum Gasteiger partial charge on any atom is -0.469 e. The lowest BCUT2D eigenvalue weighted by Crippen LogP contribution is -2.41. The smallest absolute Gasteiger partial charge is 0.469 e. The van der Waals surface area contributed by atoms with E-state index in [4.69, 9.17) is 18.8 Å². The average molecular weight is 405 g/mol. The Balaban J connectivity index is 2.17. The van der Waals surface area contributed by atoms with E-state index in [1.54, 1.807) is 20.8 Å². The average Bonchev–Trinajstić information content (AvgIpc) is 2.80. The van der Waals surface area contributed by atoms with Gasteiger partial charge in [-0.1, -0.05) is 24.3 Å². The van der Waals surface area contributed by atoms with Crippen LogP contribution in [0.3, 0.4) is 0 Å². The van der Waals surface area contributed by atoms with Gasteiger partial charge in [0.1, 0.15) is 5.60 Å². The van der Waals surface area contributed by atoms with Crippen LogP contribution in [0.15, 0.2) is 24.3 Å². The second-order valence-corrected chi connectivity index (χ2v) is 9.23. The highest BCUT2D eigenvalue weighted by Crippen LogP contribution is 2.36. The number of ether oxygens (including phenoxy) is 2. The number of hydrogen-bond acceptors (Lipinski definition) is 6. The van der Waals surface area contributed by atoms with Gasteiger partial charge < -0.3 is 24.1 Å². The summed E-state index contributed by atoms with van der Waals surface area (Å²) in [4.78, 5) is 24.0. The second-order valence-electron chi connectivity index (χ2n) is 9.23. The Morgan fingerprint density at radius 2 is 1.59 bits per heavy atom. The molecule has 1 amide bonds. The first-order chi connectivity index (χ1) is 13.2. The van der Waals surface area contributed by atoms with Gasteiger partial charge in [0.05, 0.1) is 30.8 Å². The third-order valence-electron chi connectivity index (χ3n) is 5.15. The number of carbonyl (C=O) groups excluding carboxylic acids is 2. The molecule has 0 bridgehead atoms. The van der Waals surface area contributed by atoms with E-state index in [0.717, 1.165) is 11.0 Å². The van der Waals surface area contributed by atoms with Crippen molar-refractivity contribution in [2.24, 2.45) is 0 Å². The molecule has 0 spiro atoms. The monoisotopic (exact) mass is 405 g/mol. The highest BCUT2D eigenvalue weighted by atomic mass is 16.7. The van der Waals surface area contributed by atoms with Gasteiger partial charge in [-0.2, -0.15) is 0 Å². The molecule has 2 rings (SSSR count). The normalized spacial score (nSPS) is 18.8. The summed E-state index contributed by atoms with van der Waals surface area (Å²) in [5.41, 5.74) is 0.118. The second kappa shape index (κ2) is 8.36. The van der Waals surface area contributed by atoms with Gasteiger partial charge in [-0.15, -0.1) is 0 Å². The van der Waals surface area contributed by atoms with Crippen LogP contribution in [0.25, 0.3) is 0 Å². The number of alkyl carbamates (subject to hydrolysis) is 1. The molecule has 1 heterocycles. The van der Waals surface area contributed by atoms with E-state index < -0.39 is 42.0 Å². The van der Waals surface area contributed by atoms with Crippen molar-refractivity contribution in [1.29, 1.82) is 0 Å². The van der Waals surface area contributed by atoms with Crippen molar-refractivity contribution in [3.8, 4) is 0 Å². The summed E-state index contributed by atoms with van der Waals surface area (Å²) in [7, 11) is 0.834. The summed E-state index contributed by atoms with van der Waals surface area (Å²) in [6, 6.07) is 6.85. The molecule has 1 aliphatic heterocycles. The predicted octanol–water partition coefficient (Wildman–Crippen LogP) is 3.11. The van der Waals surface area contributed by atoms with Crippen LogP contribution in [0.1, 0.15) is 66.5 Å². The molecule has 1 aliphatic rings. The molecule has 29 heavy (non-hydrogen) atoms. The Kier molecular flexibility index (Phi) is 6.70. The highest BCUT2D eigenvalue weighted by molar-refractivity contribution is 6.62. The van der Waals surface area contributed by atoms with Gasteiger partial charge >= 0.3 is 19.2 Å². The molecule has 1 unspecified atom stereocenters. The summed E-state index contributed by atoms with van der Waals surface area (Å²) in [5, 5.41) is 2.75. The van der Waals surface area contributed by atoms with Crippen molar-refractivity contribution in [2.45, 2.75) is 77.7 Å². The van der Waals surface area contributed by atoms with Crippen LogP contribution >= 0.6 is 0 Å². The zero-order valence-electron chi connectivity index (χ0n) is 18.6. The highest BCUT2D eigenvalue weighted by Gasteiger charge is 2.51. The third kappa shape index (κ3) is 5.96. The first kappa shape index (κ1) is 23.2. The van der Waals surface area contributed by atoms with E-state index in [1.165, 1.54) is 7.11 Å². The molecule has 0 aliphatic carbocycles. The summed E-state index contributed by atoms with van der Waals surface area (Å²) in [5.74, 6) is -0.430. The molecule has 7 nitrogen and oxygen atoms in total. The minimum absolute atomic E-state index is 0.00835. The van der Waals surface area contributed by atoms with Crippen molar-refractivity contribution in [3.05, 3.63) is 29.8 Å². The van der Waals surface area contributed by atoms with Crippen LogP contribution in [0.2, 0.25) is 0 Å². The van der Waals surface area contributed by atoms with Crippen LogP contribution in [-0.2, 0) is 23.6 Å².